The molecule has 0 aliphatic heterocycles. The number of hydrogen-bond acceptors (Lipinski definition) is 1. The topological polar surface area (TPSA) is 9.23 Å². The van der Waals surface area contributed by atoms with Gasteiger partial charge in [-0.05, 0) is 37.0 Å². The van der Waals surface area contributed by atoms with E-state index in [1.54, 1.807) is 0 Å². The van der Waals surface area contributed by atoms with Crippen LogP contribution in [0.2, 0.25) is 18.1 Å². The highest BCUT2D eigenvalue weighted by molar-refractivity contribution is 6.74. The molecule has 0 saturated heterocycles. The zero-order valence-electron chi connectivity index (χ0n) is 15.0. The highest BCUT2D eigenvalue weighted by atomic mass is 28.4. The van der Waals surface area contributed by atoms with Gasteiger partial charge in [-0.25, -0.2) is 0 Å². The van der Waals surface area contributed by atoms with Crippen molar-refractivity contribution in [3.63, 3.8) is 0 Å². The van der Waals surface area contributed by atoms with Crippen LogP contribution in [0, 0.1) is 0 Å². The molecule has 0 spiro atoms. The van der Waals surface area contributed by atoms with E-state index < -0.39 is 8.32 Å². The van der Waals surface area contributed by atoms with Gasteiger partial charge in [0.2, 0.25) is 8.32 Å². The van der Waals surface area contributed by atoms with Crippen molar-refractivity contribution >= 4 is 14.1 Å². The number of allylic oxidation sites excluding steroid dienone is 1. The first-order valence-corrected chi connectivity index (χ1v) is 11.7. The molecule has 0 N–H and O–H groups in total. The summed E-state index contributed by atoms with van der Waals surface area (Å²) in [5.74, 6) is 1.13. The van der Waals surface area contributed by atoms with Gasteiger partial charge in [0.15, 0.2) is 0 Å². The maximum absolute atomic E-state index is 6.68. The van der Waals surface area contributed by atoms with Crippen molar-refractivity contribution in [2.24, 2.45) is 0 Å². The van der Waals surface area contributed by atoms with Gasteiger partial charge in [0.25, 0.3) is 0 Å². The van der Waals surface area contributed by atoms with Crippen molar-refractivity contribution in [2.45, 2.75) is 77.9 Å². The Bertz CT molecular complexity index is 412. The van der Waals surface area contributed by atoms with Crippen molar-refractivity contribution in [1.29, 1.82) is 0 Å². The monoisotopic (exact) mass is 318 g/mol. The van der Waals surface area contributed by atoms with E-state index in [1.165, 1.54) is 49.4 Å². The molecule has 0 aromatic heterocycles. The van der Waals surface area contributed by atoms with Gasteiger partial charge in [0.1, 0.15) is 5.76 Å². The summed E-state index contributed by atoms with van der Waals surface area (Å²) in [6.45, 7) is 9.15. The van der Waals surface area contributed by atoms with Crippen LogP contribution in [0.4, 0.5) is 0 Å². The minimum Gasteiger partial charge on any atom is -0.543 e. The summed E-state index contributed by atoms with van der Waals surface area (Å²) >= 11 is 0. The van der Waals surface area contributed by atoms with E-state index >= 15 is 0 Å². The molecule has 1 rings (SSSR count). The van der Waals surface area contributed by atoms with Gasteiger partial charge < -0.3 is 4.43 Å². The minimum absolute atomic E-state index is 1.13. The fraction of sp³-hybridized carbons (Fsp3) is 0.600. The Hall–Kier alpha value is -1.02. The van der Waals surface area contributed by atoms with Crippen molar-refractivity contribution in [3.05, 3.63) is 42.0 Å². The van der Waals surface area contributed by atoms with Crippen LogP contribution in [-0.4, -0.2) is 8.32 Å². The number of benzene rings is 1. The summed E-state index contributed by atoms with van der Waals surface area (Å²) in [5, 5.41) is 0. The van der Waals surface area contributed by atoms with Crippen molar-refractivity contribution < 1.29 is 4.43 Å². The predicted molar refractivity (Wildman–Crippen MR) is 101 cm³/mol. The van der Waals surface area contributed by atoms with Gasteiger partial charge in [-0.15, -0.1) is 0 Å². The van der Waals surface area contributed by atoms with Crippen LogP contribution in [0.1, 0.15) is 65.4 Å². The maximum atomic E-state index is 6.68. The maximum Gasteiger partial charge on any atom is 0.250 e. The second-order valence-corrected chi connectivity index (χ2v) is 10.8. The van der Waals surface area contributed by atoms with Gasteiger partial charge in [0.05, 0.1) is 0 Å². The molecule has 22 heavy (non-hydrogen) atoms. The lowest BCUT2D eigenvalue weighted by Gasteiger charge is -2.30. The van der Waals surface area contributed by atoms with Gasteiger partial charge in [-0.3, -0.25) is 0 Å². The van der Waals surface area contributed by atoms with E-state index in [9.17, 15) is 0 Å². The van der Waals surface area contributed by atoms with Crippen LogP contribution in [0.3, 0.4) is 0 Å². The average Bonchev–Trinajstić information content (AvgIpc) is 2.59. The molecule has 0 unspecified atom stereocenters. The number of unbranched alkanes of at least 4 members (excludes halogenated alkanes) is 4. The van der Waals surface area contributed by atoms with E-state index in [1.807, 2.05) is 0 Å². The third kappa shape index (κ3) is 6.00. The van der Waals surface area contributed by atoms with Crippen LogP contribution in [-0.2, 0) is 4.43 Å². The van der Waals surface area contributed by atoms with E-state index in [0.29, 0.717) is 0 Å². The molecule has 124 valence electrons. The minimum atomic E-state index is -1.61. The summed E-state index contributed by atoms with van der Waals surface area (Å²) in [4.78, 5) is 0. The smallest absolute Gasteiger partial charge is 0.250 e. The van der Waals surface area contributed by atoms with Crippen LogP contribution in [0.25, 0.3) is 5.76 Å². The molecular weight excluding hydrogens is 284 g/mol. The fourth-order valence-electron chi connectivity index (χ4n) is 2.82. The van der Waals surface area contributed by atoms with E-state index in [0.717, 1.165) is 12.2 Å². The molecule has 1 nitrogen and oxygen atoms in total. The van der Waals surface area contributed by atoms with Crippen LogP contribution in [0.5, 0.6) is 0 Å². The molecule has 0 fully saturated rings. The third-order valence-corrected chi connectivity index (χ3v) is 9.22. The zero-order valence-corrected chi connectivity index (χ0v) is 16.0. The molecule has 0 aliphatic rings. The summed E-state index contributed by atoms with van der Waals surface area (Å²) in [6, 6.07) is 14.2. The van der Waals surface area contributed by atoms with E-state index in [2.05, 4.69) is 64.1 Å². The lowest BCUT2D eigenvalue weighted by Crippen LogP contribution is -2.35. The standard InChI is InChI=1S/C20H34OSi/c1-5-9-10-11-15-18-20(19-16-13-12-14-17-19)21-22(6-2,7-3)8-4/h12-14,16-18H,5-11,15H2,1-4H3/b20-18+. The summed E-state index contributed by atoms with van der Waals surface area (Å²) in [7, 11) is -1.61. The molecule has 0 bridgehead atoms. The van der Waals surface area contributed by atoms with Crippen molar-refractivity contribution in [1.82, 2.24) is 0 Å². The van der Waals surface area contributed by atoms with Crippen LogP contribution < -0.4 is 0 Å². The highest BCUT2D eigenvalue weighted by Gasteiger charge is 2.31. The van der Waals surface area contributed by atoms with Gasteiger partial charge in [-0.1, -0.05) is 77.3 Å². The fourth-order valence-corrected chi connectivity index (χ4v) is 5.43. The first-order valence-electron chi connectivity index (χ1n) is 9.15. The first-order chi connectivity index (χ1) is 10.7. The SMILES string of the molecule is CCCCCC/C=C(/O[Si](CC)(CC)CC)c1ccccc1. The molecule has 0 radical (unpaired) electrons. The van der Waals surface area contributed by atoms with Gasteiger partial charge >= 0.3 is 0 Å². The molecule has 0 heterocycles. The van der Waals surface area contributed by atoms with Crippen LogP contribution in [0.15, 0.2) is 36.4 Å². The molecular formula is C20H34OSi. The molecule has 0 amide bonds. The molecule has 0 saturated carbocycles. The Morgan fingerprint density at radius 1 is 0.909 bits per heavy atom. The van der Waals surface area contributed by atoms with Crippen molar-refractivity contribution in [2.75, 3.05) is 0 Å². The molecule has 2 heteroatoms. The third-order valence-electron chi connectivity index (χ3n) is 4.71. The second-order valence-electron chi connectivity index (χ2n) is 6.13. The largest absolute Gasteiger partial charge is 0.543 e. The normalized spacial score (nSPS) is 12.5. The molecule has 0 aliphatic carbocycles. The van der Waals surface area contributed by atoms with Crippen molar-refractivity contribution in [3.8, 4) is 0 Å². The zero-order chi connectivity index (χ0) is 16.3. The number of rotatable bonds is 11. The van der Waals surface area contributed by atoms with Crippen LogP contribution >= 0.6 is 0 Å². The molecule has 0 atom stereocenters. The Morgan fingerprint density at radius 2 is 1.55 bits per heavy atom. The quantitative estimate of drug-likeness (QED) is 0.242. The highest BCUT2D eigenvalue weighted by Crippen LogP contribution is 2.29. The Labute approximate surface area is 138 Å². The number of hydrogen-bond donors (Lipinski definition) is 0. The van der Waals surface area contributed by atoms with Gasteiger partial charge in [-0.2, -0.15) is 0 Å². The summed E-state index contributed by atoms with van der Waals surface area (Å²) in [6.07, 6.45) is 8.70. The average molecular weight is 319 g/mol. The predicted octanol–water partition coefficient (Wildman–Crippen LogP) is 7.02. The summed E-state index contributed by atoms with van der Waals surface area (Å²) < 4.78 is 6.68. The Balaban J connectivity index is 2.85. The summed E-state index contributed by atoms with van der Waals surface area (Å²) in [5.41, 5.74) is 1.24. The lowest BCUT2D eigenvalue weighted by atomic mass is 10.1. The Morgan fingerprint density at radius 3 is 2.09 bits per heavy atom. The van der Waals surface area contributed by atoms with E-state index in [-0.39, 0.29) is 0 Å². The lowest BCUT2D eigenvalue weighted by molar-refractivity contribution is 0.488. The first kappa shape index (κ1) is 19.0. The molecule has 1 aromatic carbocycles. The van der Waals surface area contributed by atoms with Gasteiger partial charge in [0, 0.05) is 5.56 Å². The molecule has 1 aromatic rings. The second kappa shape index (κ2) is 10.7. The van der Waals surface area contributed by atoms with E-state index in [4.69, 9.17) is 4.43 Å². The Kier molecular flexibility index (Phi) is 9.22.